The van der Waals surface area contributed by atoms with Crippen molar-refractivity contribution in [3.05, 3.63) is 70.8 Å². The smallest absolute Gasteiger partial charge is 0.187 e. The van der Waals surface area contributed by atoms with Gasteiger partial charge < -0.3 is 10.2 Å². The van der Waals surface area contributed by atoms with Gasteiger partial charge in [0.25, 0.3) is 0 Å². The Labute approximate surface area is 153 Å². The molecule has 0 bridgehead atoms. The SMILES string of the molecule is CCCN1C/C(=C\c2cccc(O)c2)C(=O)/C(=C/c2cccc(O)c2)C1. The molecule has 0 atom stereocenters. The highest BCUT2D eigenvalue weighted by Gasteiger charge is 2.25. The first-order valence-corrected chi connectivity index (χ1v) is 8.81. The summed E-state index contributed by atoms with van der Waals surface area (Å²) >= 11 is 0. The van der Waals surface area contributed by atoms with E-state index in [-0.39, 0.29) is 17.3 Å². The summed E-state index contributed by atoms with van der Waals surface area (Å²) in [6.07, 6.45) is 4.70. The lowest BCUT2D eigenvalue weighted by atomic mass is 9.94. The summed E-state index contributed by atoms with van der Waals surface area (Å²) in [6.45, 7) is 4.22. The van der Waals surface area contributed by atoms with Gasteiger partial charge in [-0.2, -0.15) is 0 Å². The number of carbonyl (C=O) groups excluding carboxylic acids is 1. The van der Waals surface area contributed by atoms with Crippen LogP contribution in [0.3, 0.4) is 0 Å². The van der Waals surface area contributed by atoms with Crippen LogP contribution in [0.4, 0.5) is 0 Å². The molecule has 4 nitrogen and oxygen atoms in total. The van der Waals surface area contributed by atoms with Gasteiger partial charge in [-0.1, -0.05) is 31.2 Å². The Bertz CT molecular complexity index is 800. The number of hydrogen-bond acceptors (Lipinski definition) is 4. The average molecular weight is 349 g/mol. The number of rotatable bonds is 4. The minimum absolute atomic E-state index is 0.0176. The second-order valence-electron chi connectivity index (χ2n) is 6.57. The number of aromatic hydroxyl groups is 2. The predicted octanol–water partition coefficient (Wildman–Crippen LogP) is 3.86. The Morgan fingerprint density at radius 1 is 0.923 bits per heavy atom. The number of ketones is 1. The maximum Gasteiger partial charge on any atom is 0.187 e. The van der Waals surface area contributed by atoms with Gasteiger partial charge in [-0.15, -0.1) is 0 Å². The van der Waals surface area contributed by atoms with E-state index < -0.39 is 0 Å². The Morgan fingerprint density at radius 3 is 1.85 bits per heavy atom. The fraction of sp³-hybridized carbons (Fsp3) is 0.227. The summed E-state index contributed by atoms with van der Waals surface area (Å²) in [5.74, 6) is 0.385. The van der Waals surface area contributed by atoms with Gasteiger partial charge in [0, 0.05) is 24.2 Å². The van der Waals surface area contributed by atoms with Crippen LogP contribution in [0.25, 0.3) is 12.2 Å². The van der Waals surface area contributed by atoms with E-state index in [2.05, 4.69) is 11.8 Å². The van der Waals surface area contributed by atoms with Crippen LogP contribution >= 0.6 is 0 Å². The van der Waals surface area contributed by atoms with Crippen LogP contribution in [0.2, 0.25) is 0 Å². The first kappa shape index (κ1) is 18.0. The number of phenols is 2. The Balaban J connectivity index is 1.96. The van der Waals surface area contributed by atoms with E-state index in [1.54, 1.807) is 36.4 Å². The van der Waals surface area contributed by atoms with Gasteiger partial charge in [0.15, 0.2) is 5.78 Å². The van der Waals surface area contributed by atoms with Crippen molar-refractivity contribution in [2.24, 2.45) is 0 Å². The Kier molecular flexibility index (Phi) is 5.54. The van der Waals surface area contributed by atoms with Gasteiger partial charge in [-0.05, 0) is 60.5 Å². The number of nitrogens with zero attached hydrogens (tertiary/aromatic N) is 1. The third-order valence-corrected chi connectivity index (χ3v) is 4.33. The number of phenolic OH excluding ortho intramolecular Hbond substituents is 2. The van der Waals surface area contributed by atoms with Crippen LogP contribution < -0.4 is 0 Å². The number of hydrogen-bond donors (Lipinski definition) is 2. The summed E-state index contributed by atoms with van der Waals surface area (Å²) < 4.78 is 0. The molecule has 2 aromatic rings. The standard InChI is InChI=1S/C22H23NO3/c1-2-9-23-14-18(10-16-5-3-7-20(24)12-16)22(26)19(15-23)11-17-6-4-8-21(25)13-17/h3-8,10-13,24-25H,2,9,14-15H2,1H3/b18-10+,19-11+. The van der Waals surface area contributed by atoms with E-state index in [9.17, 15) is 15.0 Å². The highest BCUT2D eigenvalue weighted by atomic mass is 16.3. The molecule has 1 saturated heterocycles. The molecule has 134 valence electrons. The summed E-state index contributed by atoms with van der Waals surface area (Å²) in [6, 6.07) is 13.8. The topological polar surface area (TPSA) is 60.8 Å². The fourth-order valence-corrected chi connectivity index (χ4v) is 3.22. The van der Waals surface area contributed by atoms with Crippen molar-refractivity contribution in [2.75, 3.05) is 19.6 Å². The Hall–Kier alpha value is -2.85. The van der Waals surface area contributed by atoms with Gasteiger partial charge >= 0.3 is 0 Å². The zero-order valence-electron chi connectivity index (χ0n) is 14.9. The monoisotopic (exact) mass is 349 g/mol. The molecule has 0 aliphatic carbocycles. The van der Waals surface area contributed by atoms with Gasteiger partial charge in [0.1, 0.15) is 11.5 Å². The van der Waals surface area contributed by atoms with Crippen LogP contribution in [0.5, 0.6) is 11.5 Å². The second-order valence-corrected chi connectivity index (χ2v) is 6.57. The highest BCUT2D eigenvalue weighted by Crippen LogP contribution is 2.24. The van der Waals surface area contributed by atoms with E-state index in [4.69, 9.17) is 0 Å². The normalized spacial score (nSPS) is 18.6. The van der Waals surface area contributed by atoms with Crippen LogP contribution in [0, 0.1) is 0 Å². The highest BCUT2D eigenvalue weighted by molar-refractivity contribution is 6.14. The van der Waals surface area contributed by atoms with Crippen LogP contribution in [0.1, 0.15) is 24.5 Å². The minimum atomic E-state index is 0.0176. The molecule has 26 heavy (non-hydrogen) atoms. The first-order chi connectivity index (χ1) is 12.5. The molecular formula is C22H23NO3. The van der Waals surface area contributed by atoms with E-state index in [0.29, 0.717) is 24.2 Å². The van der Waals surface area contributed by atoms with Crippen molar-refractivity contribution in [3.8, 4) is 11.5 Å². The quantitative estimate of drug-likeness (QED) is 0.823. The molecule has 0 unspecified atom stereocenters. The van der Waals surface area contributed by atoms with E-state index in [1.807, 2.05) is 24.3 Å². The average Bonchev–Trinajstić information content (AvgIpc) is 2.59. The maximum atomic E-state index is 13.0. The molecule has 0 amide bonds. The lowest BCUT2D eigenvalue weighted by Gasteiger charge is -2.29. The molecule has 0 spiro atoms. The van der Waals surface area contributed by atoms with E-state index >= 15 is 0 Å². The molecule has 1 aliphatic rings. The van der Waals surface area contributed by atoms with Gasteiger partial charge in [0.05, 0.1) is 0 Å². The number of carbonyl (C=O) groups is 1. The van der Waals surface area contributed by atoms with Crippen molar-refractivity contribution in [3.63, 3.8) is 0 Å². The number of likely N-dealkylation sites (tertiary alicyclic amines) is 1. The zero-order chi connectivity index (χ0) is 18.5. The molecule has 1 fully saturated rings. The van der Waals surface area contributed by atoms with Gasteiger partial charge in [-0.25, -0.2) is 0 Å². The molecule has 1 aliphatic heterocycles. The summed E-state index contributed by atoms with van der Waals surface area (Å²) in [4.78, 5) is 15.2. The Morgan fingerprint density at radius 2 is 1.42 bits per heavy atom. The minimum Gasteiger partial charge on any atom is -0.508 e. The van der Waals surface area contributed by atoms with Crippen molar-refractivity contribution >= 4 is 17.9 Å². The van der Waals surface area contributed by atoms with Gasteiger partial charge in [0.2, 0.25) is 0 Å². The van der Waals surface area contributed by atoms with Crippen molar-refractivity contribution in [2.45, 2.75) is 13.3 Å². The molecular weight excluding hydrogens is 326 g/mol. The van der Waals surface area contributed by atoms with E-state index in [0.717, 1.165) is 24.1 Å². The molecule has 2 aromatic carbocycles. The molecule has 0 radical (unpaired) electrons. The summed E-state index contributed by atoms with van der Waals surface area (Å²) in [5, 5.41) is 19.3. The van der Waals surface area contributed by atoms with E-state index in [1.165, 1.54) is 0 Å². The number of piperidine rings is 1. The lowest BCUT2D eigenvalue weighted by molar-refractivity contribution is -0.113. The maximum absolute atomic E-state index is 13.0. The third kappa shape index (κ3) is 4.41. The molecule has 3 rings (SSSR count). The lowest BCUT2D eigenvalue weighted by Crippen LogP contribution is -2.38. The molecule has 0 aromatic heterocycles. The second kappa shape index (κ2) is 8.02. The molecule has 2 N–H and O–H groups in total. The number of benzene rings is 2. The zero-order valence-corrected chi connectivity index (χ0v) is 14.9. The van der Waals surface area contributed by atoms with Crippen LogP contribution in [-0.4, -0.2) is 40.5 Å². The van der Waals surface area contributed by atoms with Crippen molar-refractivity contribution in [1.29, 1.82) is 0 Å². The summed E-state index contributed by atoms with van der Waals surface area (Å²) in [5.41, 5.74) is 3.04. The molecule has 0 saturated carbocycles. The van der Waals surface area contributed by atoms with Gasteiger partial charge in [-0.3, -0.25) is 9.69 Å². The van der Waals surface area contributed by atoms with Crippen LogP contribution in [0.15, 0.2) is 59.7 Å². The molecule has 1 heterocycles. The largest absolute Gasteiger partial charge is 0.508 e. The van der Waals surface area contributed by atoms with Crippen molar-refractivity contribution < 1.29 is 15.0 Å². The molecule has 4 heteroatoms. The van der Waals surface area contributed by atoms with Crippen molar-refractivity contribution in [1.82, 2.24) is 4.90 Å². The number of Topliss-reactive ketones (excluding diaryl/α,β-unsaturated/α-hetero) is 1. The van der Waals surface area contributed by atoms with Crippen LogP contribution in [-0.2, 0) is 4.79 Å². The third-order valence-electron chi connectivity index (χ3n) is 4.33. The summed E-state index contributed by atoms with van der Waals surface area (Å²) in [7, 11) is 0. The predicted molar refractivity (Wildman–Crippen MR) is 104 cm³/mol. The fourth-order valence-electron chi connectivity index (χ4n) is 3.22. The first-order valence-electron chi connectivity index (χ1n) is 8.81.